The van der Waals surface area contributed by atoms with Gasteiger partial charge in [-0.1, -0.05) is 35.3 Å². The number of benzene rings is 2. The van der Waals surface area contributed by atoms with Gasteiger partial charge >= 0.3 is 0 Å². The summed E-state index contributed by atoms with van der Waals surface area (Å²) in [5.41, 5.74) is 1.73. The number of nitrogens with zero attached hydrogens (tertiary/aromatic N) is 3. The van der Waals surface area contributed by atoms with Crippen LogP contribution in [-0.2, 0) is 13.0 Å². The van der Waals surface area contributed by atoms with E-state index in [4.69, 9.17) is 27.6 Å². The number of aromatic nitrogens is 2. The van der Waals surface area contributed by atoms with Crippen molar-refractivity contribution < 1.29 is 8.81 Å². The van der Waals surface area contributed by atoms with Crippen LogP contribution in [0, 0.1) is 5.82 Å². The summed E-state index contributed by atoms with van der Waals surface area (Å²) in [4.78, 5) is 2.06. The molecule has 0 unspecified atom stereocenters. The smallest absolute Gasteiger partial charge is 0.249 e. The van der Waals surface area contributed by atoms with E-state index in [1.165, 1.54) is 12.1 Å². The minimum Gasteiger partial charge on any atom is -0.419 e. The molecule has 0 radical (unpaired) electrons. The average Bonchev–Trinajstić information content (AvgIpc) is 3.02. The van der Waals surface area contributed by atoms with Gasteiger partial charge in [-0.25, -0.2) is 4.39 Å². The summed E-state index contributed by atoms with van der Waals surface area (Å²) < 4.78 is 18.6. The van der Waals surface area contributed by atoms with Crippen LogP contribution < -0.4 is 0 Å². The molecular formula is C18H16Cl2FN3O. The zero-order valence-corrected chi connectivity index (χ0v) is 15.1. The minimum atomic E-state index is -0.226. The summed E-state index contributed by atoms with van der Waals surface area (Å²) in [5, 5.41) is 9.12. The molecule has 1 aromatic heterocycles. The second kappa shape index (κ2) is 7.95. The maximum Gasteiger partial charge on any atom is 0.249 e. The van der Waals surface area contributed by atoms with Gasteiger partial charge in [-0.2, -0.15) is 0 Å². The Labute approximate surface area is 155 Å². The topological polar surface area (TPSA) is 42.2 Å². The van der Waals surface area contributed by atoms with Crippen molar-refractivity contribution >= 4 is 23.2 Å². The summed E-state index contributed by atoms with van der Waals surface area (Å²) in [5.74, 6) is 0.641. The quantitative estimate of drug-likeness (QED) is 0.613. The molecular weight excluding hydrogens is 364 g/mol. The highest BCUT2D eigenvalue weighted by Crippen LogP contribution is 2.29. The third-order valence-electron chi connectivity index (χ3n) is 3.73. The van der Waals surface area contributed by atoms with E-state index >= 15 is 0 Å². The fourth-order valence-electron chi connectivity index (χ4n) is 2.37. The highest BCUT2D eigenvalue weighted by molar-refractivity contribution is 6.36. The standard InChI is InChI=1S/C18H16Cl2FN3O/c1-24(9-8-12-2-5-14(21)6-3-12)11-17-22-23-18(25-17)15-7-4-13(19)10-16(15)20/h2-7,10H,8-9,11H2,1H3. The Morgan fingerprint density at radius 3 is 2.56 bits per heavy atom. The molecule has 0 fully saturated rings. The molecule has 0 aliphatic rings. The van der Waals surface area contributed by atoms with Crippen LogP contribution in [0.15, 0.2) is 46.9 Å². The first-order valence-corrected chi connectivity index (χ1v) is 8.47. The Bertz CT molecular complexity index is 852. The van der Waals surface area contributed by atoms with E-state index in [1.54, 1.807) is 30.3 Å². The van der Waals surface area contributed by atoms with Crippen LogP contribution in [0.3, 0.4) is 0 Å². The van der Waals surface area contributed by atoms with Crippen LogP contribution in [0.1, 0.15) is 11.5 Å². The molecule has 0 saturated carbocycles. The third kappa shape index (κ3) is 4.78. The van der Waals surface area contributed by atoms with Crippen molar-refractivity contribution in [2.45, 2.75) is 13.0 Å². The number of likely N-dealkylation sites (N-methyl/N-ethyl adjacent to an activating group) is 1. The predicted octanol–water partition coefficient (Wildman–Crippen LogP) is 4.86. The van der Waals surface area contributed by atoms with Gasteiger partial charge in [0.15, 0.2) is 0 Å². The maximum absolute atomic E-state index is 12.9. The zero-order valence-electron chi connectivity index (χ0n) is 13.5. The molecule has 1 heterocycles. The molecule has 130 valence electrons. The van der Waals surface area contributed by atoms with Crippen LogP contribution in [-0.4, -0.2) is 28.7 Å². The van der Waals surface area contributed by atoms with Crippen molar-refractivity contribution in [3.63, 3.8) is 0 Å². The lowest BCUT2D eigenvalue weighted by Gasteiger charge is -2.13. The summed E-state index contributed by atoms with van der Waals surface area (Å²) in [6.07, 6.45) is 0.806. The van der Waals surface area contributed by atoms with Gasteiger partial charge < -0.3 is 4.42 Å². The Hall–Kier alpha value is -1.95. The molecule has 0 saturated heterocycles. The molecule has 0 bridgehead atoms. The van der Waals surface area contributed by atoms with Crippen LogP contribution in [0.2, 0.25) is 10.0 Å². The second-order valence-corrected chi connectivity index (χ2v) is 6.58. The van der Waals surface area contributed by atoms with Crippen molar-refractivity contribution in [1.82, 2.24) is 15.1 Å². The number of halogens is 3. The first-order valence-electron chi connectivity index (χ1n) is 7.72. The number of hydrogen-bond donors (Lipinski definition) is 0. The summed E-state index contributed by atoms with van der Waals surface area (Å²) in [6.45, 7) is 1.30. The second-order valence-electron chi connectivity index (χ2n) is 5.74. The summed E-state index contributed by atoms with van der Waals surface area (Å²) in [6, 6.07) is 11.6. The van der Waals surface area contributed by atoms with Gasteiger partial charge in [0.2, 0.25) is 11.8 Å². The van der Waals surface area contributed by atoms with E-state index in [0.29, 0.717) is 33.9 Å². The molecule has 0 spiro atoms. The zero-order chi connectivity index (χ0) is 17.8. The first-order chi connectivity index (χ1) is 12.0. The average molecular weight is 380 g/mol. The summed E-state index contributed by atoms with van der Waals surface area (Å²) in [7, 11) is 1.96. The van der Waals surface area contributed by atoms with Gasteiger partial charge in [-0.05, 0) is 49.4 Å². The van der Waals surface area contributed by atoms with Gasteiger partial charge in [-0.3, -0.25) is 4.90 Å². The fourth-order valence-corrected chi connectivity index (χ4v) is 2.86. The van der Waals surface area contributed by atoms with E-state index in [2.05, 4.69) is 15.1 Å². The van der Waals surface area contributed by atoms with Crippen molar-refractivity contribution in [2.75, 3.05) is 13.6 Å². The highest BCUT2D eigenvalue weighted by atomic mass is 35.5. The predicted molar refractivity (Wildman–Crippen MR) is 96.2 cm³/mol. The molecule has 0 aliphatic carbocycles. The maximum atomic E-state index is 12.9. The van der Waals surface area contributed by atoms with Gasteiger partial charge in [0.1, 0.15) is 5.82 Å². The molecule has 0 N–H and O–H groups in total. The molecule has 25 heavy (non-hydrogen) atoms. The highest BCUT2D eigenvalue weighted by Gasteiger charge is 2.13. The lowest BCUT2D eigenvalue weighted by atomic mass is 10.1. The first kappa shape index (κ1) is 17.9. The molecule has 3 aromatic rings. The van der Waals surface area contributed by atoms with E-state index in [0.717, 1.165) is 18.5 Å². The van der Waals surface area contributed by atoms with Gasteiger partial charge in [0, 0.05) is 11.6 Å². The minimum absolute atomic E-state index is 0.226. The van der Waals surface area contributed by atoms with Crippen molar-refractivity contribution in [3.05, 3.63) is 69.8 Å². The Kier molecular flexibility index (Phi) is 5.68. The molecule has 0 amide bonds. The fraction of sp³-hybridized carbons (Fsp3) is 0.222. The van der Waals surface area contributed by atoms with Crippen molar-refractivity contribution in [3.8, 4) is 11.5 Å². The van der Waals surface area contributed by atoms with E-state index < -0.39 is 0 Å². The van der Waals surface area contributed by atoms with Crippen molar-refractivity contribution in [1.29, 1.82) is 0 Å². The molecule has 0 aliphatic heterocycles. The van der Waals surface area contributed by atoms with Crippen molar-refractivity contribution in [2.24, 2.45) is 0 Å². The van der Waals surface area contributed by atoms with E-state index in [9.17, 15) is 4.39 Å². The van der Waals surface area contributed by atoms with Gasteiger partial charge in [0.25, 0.3) is 0 Å². The Morgan fingerprint density at radius 1 is 1.08 bits per heavy atom. The Balaban J connectivity index is 1.59. The number of rotatable bonds is 6. The van der Waals surface area contributed by atoms with Crippen LogP contribution >= 0.6 is 23.2 Å². The third-order valence-corrected chi connectivity index (χ3v) is 4.28. The normalized spacial score (nSPS) is 11.2. The SMILES string of the molecule is CN(CCc1ccc(F)cc1)Cc1nnc(-c2ccc(Cl)cc2Cl)o1. The molecule has 3 rings (SSSR count). The monoisotopic (exact) mass is 379 g/mol. The molecule has 4 nitrogen and oxygen atoms in total. The lowest BCUT2D eigenvalue weighted by Crippen LogP contribution is -2.20. The molecule has 0 atom stereocenters. The van der Waals surface area contributed by atoms with Gasteiger partial charge in [0.05, 0.1) is 17.1 Å². The largest absolute Gasteiger partial charge is 0.419 e. The van der Waals surface area contributed by atoms with Crippen LogP contribution in [0.5, 0.6) is 0 Å². The van der Waals surface area contributed by atoms with E-state index in [1.807, 2.05) is 7.05 Å². The Morgan fingerprint density at radius 2 is 1.84 bits per heavy atom. The molecule has 2 aromatic carbocycles. The molecule has 7 heteroatoms. The summed E-state index contributed by atoms with van der Waals surface area (Å²) >= 11 is 12.1. The van der Waals surface area contributed by atoms with Crippen LogP contribution in [0.4, 0.5) is 4.39 Å². The lowest BCUT2D eigenvalue weighted by molar-refractivity contribution is 0.293. The van der Waals surface area contributed by atoms with Crippen LogP contribution in [0.25, 0.3) is 11.5 Å². The van der Waals surface area contributed by atoms with E-state index in [-0.39, 0.29) is 5.82 Å². The number of hydrogen-bond acceptors (Lipinski definition) is 4. The van der Waals surface area contributed by atoms with Gasteiger partial charge in [-0.15, -0.1) is 10.2 Å².